The van der Waals surface area contributed by atoms with Crippen LogP contribution in [0.2, 0.25) is 0 Å². The maximum absolute atomic E-state index is 13.0. The van der Waals surface area contributed by atoms with Crippen LogP contribution in [0.15, 0.2) is 32.8 Å². The molecule has 0 N–H and O–H groups in total. The van der Waals surface area contributed by atoms with Crippen LogP contribution in [-0.4, -0.2) is 58.7 Å². The number of thioether (sulfide) groups is 1. The van der Waals surface area contributed by atoms with E-state index in [1.807, 2.05) is 19.9 Å². The molecule has 2 aromatic heterocycles. The highest BCUT2D eigenvalue weighted by Gasteiger charge is 2.27. The van der Waals surface area contributed by atoms with Crippen molar-refractivity contribution in [1.82, 2.24) is 24.0 Å². The van der Waals surface area contributed by atoms with Crippen LogP contribution in [0.5, 0.6) is 0 Å². The zero-order valence-corrected chi connectivity index (χ0v) is 18.2. The summed E-state index contributed by atoms with van der Waals surface area (Å²) in [6.45, 7) is 8.07. The highest BCUT2D eigenvalue weighted by Crippen LogP contribution is 2.35. The normalized spacial score (nSPS) is 17.1. The zero-order chi connectivity index (χ0) is 20.6. The van der Waals surface area contributed by atoms with Crippen molar-refractivity contribution in [3.63, 3.8) is 0 Å². The summed E-state index contributed by atoms with van der Waals surface area (Å²) in [6.07, 6.45) is 0. The summed E-state index contributed by atoms with van der Waals surface area (Å²) >= 11 is 1.51. The van der Waals surface area contributed by atoms with Gasteiger partial charge >= 0.3 is 0 Å². The molecule has 1 fully saturated rings. The molecule has 3 aromatic rings. The van der Waals surface area contributed by atoms with E-state index >= 15 is 0 Å². The summed E-state index contributed by atoms with van der Waals surface area (Å²) in [5.41, 5.74) is 1.54. The Morgan fingerprint density at radius 1 is 1.24 bits per heavy atom. The van der Waals surface area contributed by atoms with Crippen molar-refractivity contribution < 1.29 is 17.7 Å². The Kier molecular flexibility index (Phi) is 5.65. The summed E-state index contributed by atoms with van der Waals surface area (Å²) in [7, 11) is -3.56. The summed E-state index contributed by atoms with van der Waals surface area (Å²) in [4.78, 5) is 9.24. The topological polar surface area (TPSA) is 103 Å². The highest BCUT2D eigenvalue weighted by atomic mass is 32.2. The minimum atomic E-state index is -3.56. The van der Waals surface area contributed by atoms with Crippen molar-refractivity contribution in [2.75, 3.05) is 26.3 Å². The number of benzene rings is 1. The van der Waals surface area contributed by atoms with Crippen LogP contribution >= 0.6 is 11.8 Å². The number of sulfonamides is 1. The average molecular weight is 438 g/mol. The van der Waals surface area contributed by atoms with E-state index in [2.05, 4.69) is 14.7 Å². The molecule has 1 aliphatic rings. The van der Waals surface area contributed by atoms with Crippen LogP contribution in [0.1, 0.15) is 30.8 Å². The molecule has 4 rings (SSSR count). The van der Waals surface area contributed by atoms with Gasteiger partial charge in [0, 0.05) is 19.6 Å². The second-order valence-electron chi connectivity index (χ2n) is 6.75. The third-order valence-corrected chi connectivity index (χ3v) is 7.75. The second-order valence-corrected chi connectivity index (χ2v) is 9.99. The van der Waals surface area contributed by atoms with E-state index < -0.39 is 10.0 Å². The number of ether oxygens (including phenoxy) is 1. The van der Waals surface area contributed by atoms with Crippen molar-refractivity contribution in [2.45, 2.75) is 42.6 Å². The molecule has 1 atom stereocenters. The fourth-order valence-electron chi connectivity index (χ4n) is 3.27. The lowest BCUT2D eigenvalue weighted by Gasteiger charge is -2.26. The summed E-state index contributed by atoms with van der Waals surface area (Å²) in [5.74, 6) is 1.13. The molecule has 1 aliphatic heterocycles. The number of rotatable bonds is 6. The van der Waals surface area contributed by atoms with Gasteiger partial charge in [-0.1, -0.05) is 16.9 Å². The molecule has 0 aliphatic carbocycles. The fraction of sp³-hybridized carbons (Fsp3) is 0.500. The van der Waals surface area contributed by atoms with Crippen LogP contribution in [-0.2, 0) is 21.3 Å². The molecule has 0 bridgehead atoms. The van der Waals surface area contributed by atoms with Gasteiger partial charge in [0.1, 0.15) is 0 Å². The number of hydrogen-bond donors (Lipinski definition) is 0. The van der Waals surface area contributed by atoms with Gasteiger partial charge in [0.2, 0.25) is 15.9 Å². The number of morpholine rings is 1. The molecule has 0 amide bonds. The first-order valence-electron chi connectivity index (χ1n) is 9.45. The van der Waals surface area contributed by atoms with Crippen LogP contribution in [0.25, 0.3) is 11.0 Å². The van der Waals surface area contributed by atoms with E-state index in [9.17, 15) is 8.42 Å². The highest BCUT2D eigenvalue weighted by molar-refractivity contribution is 7.99. The number of fused-ring (bicyclic) bond motifs is 1. The number of aryl methyl sites for hydroxylation is 2. The largest absolute Gasteiger partial charge is 0.379 e. The first-order chi connectivity index (χ1) is 13.9. The molecule has 3 heterocycles. The van der Waals surface area contributed by atoms with E-state index in [-0.39, 0.29) is 10.1 Å². The van der Waals surface area contributed by atoms with Gasteiger partial charge in [-0.2, -0.15) is 9.29 Å². The lowest BCUT2D eigenvalue weighted by Crippen LogP contribution is -2.40. The lowest BCUT2D eigenvalue weighted by molar-refractivity contribution is 0.0730. The van der Waals surface area contributed by atoms with Gasteiger partial charge in [0.25, 0.3) is 0 Å². The Bertz CT molecular complexity index is 1120. The predicted octanol–water partition coefficient (Wildman–Crippen LogP) is 2.62. The summed E-state index contributed by atoms with van der Waals surface area (Å²) < 4.78 is 40.0. The van der Waals surface area contributed by atoms with Crippen molar-refractivity contribution in [3.05, 3.63) is 29.9 Å². The van der Waals surface area contributed by atoms with Crippen molar-refractivity contribution in [2.24, 2.45) is 0 Å². The first kappa shape index (κ1) is 20.3. The molecule has 1 aromatic carbocycles. The molecule has 0 spiro atoms. The monoisotopic (exact) mass is 437 g/mol. The van der Waals surface area contributed by atoms with Crippen LogP contribution in [0.4, 0.5) is 0 Å². The molecule has 0 radical (unpaired) electrons. The molecule has 1 unspecified atom stereocenters. The Hall–Kier alpha value is -1.95. The Labute approximate surface area is 173 Å². The van der Waals surface area contributed by atoms with Gasteiger partial charge in [-0.25, -0.2) is 13.4 Å². The number of aromatic nitrogens is 4. The molecule has 156 valence electrons. The minimum Gasteiger partial charge on any atom is -0.379 e. The SMILES string of the molecule is CCn1c(SC(C)c2nc(C)no2)nc2cc(S(=O)(=O)N3CCOCC3)ccc21. The molecule has 9 nitrogen and oxygen atoms in total. The Morgan fingerprint density at radius 2 is 2.00 bits per heavy atom. The second kappa shape index (κ2) is 8.05. The van der Waals surface area contributed by atoms with Crippen molar-refractivity contribution >= 4 is 32.8 Å². The van der Waals surface area contributed by atoms with E-state index in [4.69, 9.17) is 14.2 Å². The van der Waals surface area contributed by atoms with Gasteiger partial charge in [0.15, 0.2) is 11.0 Å². The number of hydrogen-bond acceptors (Lipinski definition) is 8. The molecule has 29 heavy (non-hydrogen) atoms. The molecular formula is C18H23N5O4S2. The van der Waals surface area contributed by atoms with Crippen LogP contribution in [0.3, 0.4) is 0 Å². The Balaban J connectivity index is 1.67. The van der Waals surface area contributed by atoms with E-state index in [0.29, 0.717) is 50.1 Å². The lowest BCUT2D eigenvalue weighted by atomic mass is 10.3. The standard InChI is InChI=1S/C18H23N5O4S2/c1-4-23-16-6-5-14(29(24,25)22-7-9-26-10-8-22)11-15(16)20-18(23)28-12(2)17-19-13(3)21-27-17/h5-6,11-12H,4,7-10H2,1-3H3. The van der Waals surface area contributed by atoms with Crippen molar-refractivity contribution in [3.8, 4) is 0 Å². The van der Waals surface area contributed by atoms with E-state index in [1.54, 1.807) is 19.1 Å². The molecule has 0 saturated carbocycles. The third kappa shape index (κ3) is 3.91. The van der Waals surface area contributed by atoms with Gasteiger partial charge in [0.05, 0.1) is 34.4 Å². The predicted molar refractivity (Wildman–Crippen MR) is 108 cm³/mol. The van der Waals surface area contributed by atoms with Crippen molar-refractivity contribution in [1.29, 1.82) is 0 Å². The number of imidazole rings is 1. The summed E-state index contributed by atoms with van der Waals surface area (Å²) in [5, 5.41) is 4.55. The van der Waals surface area contributed by atoms with Gasteiger partial charge in [-0.3, -0.25) is 0 Å². The maximum atomic E-state index is 13.0. The number of nitrogens with zero attached hydrogens (tertiary/aromatic N) is 5. The first-order valence-corrected chi connectivity index (χ1v) is 11.8. The molecular weight excluding hydrogens is 414 g/mol. The van der Waals surface area contributed by atoms with Gasteiger partial charge in [-0.05, 0) is 39.0 Å². The fourth-order valence-corrected chi connectivity index (χ4v) is 5.71. The Morgan fingerprint density at radius 3 is 2.66 bits per heavy atom. The smallest absolute Gasteiger partial charge is 0.243 e. The van der Waals surface area contributed by atoms with E-state index in [1.165, 1.54) is 16.1 Å². The average Bonchev–Trinajstić information content (AvgIpc) is 3.30. The molecule has 1 saturated heterocycles. The zero-order valence-electron chi connectivity index (χ0n) is 16.5. The van der Waals surface area contributed by atoms with E-state index in [0.717, 1.165) is 10.7 Å². The van der Waals surface area contributed by atoms with Crippen LogP contribution < -0.4 is 0 Å². The van der Waals surface area contributed by atoms with Gasteiger partial charge in [-0.15, -0.1) is 0 Å². The summed E-state index contributed by atoms with van der Waals surface area (Å²) in [6, 6.07) is 5.13. The van der Waals surface area contributed by atoms with Crippen LogP contribution in [0, 0.1) is 6.92 Å². The minimum absolute atomic E-state index is 0.0742. The van der Waals surface area contributed by atoms with Gasteiger partial charge < -0.3 is 13.8 Å². The third-order valence-electron chi connectivity index (χ3n) is 4.78. The molecule has 11 heteroatoms. The quantitative estimate of drug-likeness (QED) is 0.542. The maximum Gasteiger partial charge on any atom is 0.243 e.